The van der Waals surface area contributed by atoms with E-state index in [0.717, 1.165) is 25.1 Å². The summed E-state index contributed by atoms with van der Waals surface area (Å²) in [4.78, 5) is 4.23. The molecule has 0 fully saturated rings. The molecule has 14 heavy (non-hydrogen) atoms. The van der Waals surface area contributed by atoms with Gasteiger partial charge in [0.2, 0.25) is 0 Å². The van der Waals surface area contributed by atoms with E-state index in [9.17, 15) is 0 Å². The number of nitrogens with one attached hydrogen (secondary N) is 1. The second kappa shape index (κ2) is 5.43. The number of nitrogens with zero attached hydrogens (tertiary/aromatic N) is 2. The first kappa shape index (κ1) is 10.8. The number of terminal acetylenes is 1. The monoisotopic (exact) mass is 192 g/mol. The third kappa shape index (κ3) is 2.59. The highest BCUT2D eigenvalue weighted by atomic mass is 15.3. The van der Waals surface area contributed by atoms with Gasteiger partial charge in [-0.3, -0.25) is 5.84 Å². The molecule has 0 aliphatic heterocycles. The van der Waals surface area contributed by atoms with E-state index in [0.29, 0.717) is 0 Å². The molecule has 0 saturated carbocycles. The van der Waals surface area contributed by atoms with Gasteiger partial charge in [-0.05, 0) is 12.8 Å². The predicted octanol–water partition coefficient (Wildman–Crippen LogP) is 0.728. The zero-order valence-electron chi connectivity index (χ0n) is 8.40. The van der Waals surface area contributed by atoms with Crippen LogP contribution in [0.1, 0.15) is 31.1 Å². The maximum absolute atomic E-state index is 5.46. The number of aryl methyl sites for hydroxylation is 1. The first-order valence-electron chi connectivity index (χ1n) is 4.66. The third-order valence-electron chi connectivity index (χ3n) is 2.19. The number of hydrogen-bond acceptors (Lipinski definition) is 3. The van der Waals surface area contributed by atoms with Gasteiger partial charge < -0.3 is 4.57 Å². The van der Waals surface area contributed by atoms with Crippen molar-refractivity contribution in [3.8, 4) is 12.3 Å². The number of hydrazine groups is 1. The molecule has 1 atom stereocenters. The van der Waals surface area contributed by atoms with Crippen LogP contribution in [-0.2, 0) is 7.05 Å². The van der Waals surface area contributed by atoms with Crippen molar-refractivity contribution in [3.63, 3.8) is 0 Å². The molecule has 0 amide bonds. The van der Waals surface area contributed by atoms with Gasteiger partial charge in [-0.15, -0.1) is 12.3 Å². The summed E-state index contributed by atoms with van der Waals surface area (Å²) in [7, 11) is 1.95. The van der Waals surface area contributed by atoms with Crippen molar-refractivity contribution in [2.24, 2.45) is 12.9 Å². The van der Waals surface area contributed by atoms with Crippen molar-refractivity contribution in [3.05, 3.63) is 18.2 Å². The Bertz CT molecular complexity index is 310. The number of rotatable bonds is 5. The lowest BCUT2D eigenvalue weighted by Crippen LogP contribution is -2.29. The second-order valence-electron chi connectivity index (χ2n) is 3.21. The molecule has 0 aliphatic carbocycles. The molecule has 0 spiro atoms. The van der Waals surface area contributed by atoms with Gasteiger partial charge in [-0.2, -0.15) is 0 Å². The molecule has 3 N–H and O–H groups in total. The minimum Gasteiger partial charge on any atom is -0.337 e. The van der Waals surface area contributed by atoms with Gasteiger partial charge in [-0.25, -0.2) is 10.4 Å². The van der Waals surface area contributed by atoms with Crippen LogP contribution in [0.5, 0.6) is 0 Å². The van der Waals surface area contributed by atoms with E-state index in [2.05, 4.69) is 16.3 Å². The molecular weight excluding hydrogens is 176 g/mol. The zero-order valence-corrected chi connectivity index (χ0v) is 8.40. The van der Waals surface area contributed by atoms with Gasteiger partial charge in [0.05, 0.1) is 6.04 Å². The summed E-state index contributed by atoms with van der Waals surface area (Å²) in [6.45, 7) is 0. The molecule has 0 radical (unpaired) electrons. The van der Waals surface area contributed by atoms with Gasteiger partial charge in [-0.1, -0.05) is 0 Å². The van der Waals surface area contributed by atoms with Crippen LogP contribution in [-0.4, -0.2) is 9.55 Å². The van der Waals surface area contributed by atoms with Crippen LogP contribution < -0.4 is 11.3 Å². The summed E-state index contributed by atoms with van der Waals surface area (Å²) in [5.41, 5.74) is 2.75. The van der Waals surface area contributed by atoms with Crippen molar-refractivity contribution in [1.82, 2.24) is 15.0 Å². The quantitative estimate of drug-likeness (QED) is 0.313. The Labute approximate surface area is 84.5 Å². The Balaban J connectivity index is 2.55. The minimum atomic E-state index is 0.0864. The fourth-order valence-electron chi connectivity index (χ4n) is 1.41. The molecule has 0 bridgehead atoms. The second-order valence-corrected chi connectivity index (χ2v) is 3.21. The molecule has 0 aromatic carbocycles. The fourth-order valence-corrected chi connectivity index (χ4v) is 1.41. The summed E-state index contributed by atoms with van der Waals surface area (Å²) in [6.07, 6.45) is 11.5. The molecule has 1 aromatic rings. The Morgan fingerprint density at radius 2 is 2.57 bits per heavy atom. The lowest BCUT2D eigenvalue weighted by atomic mass is 10.1. The van der Waals surface area contributed by atoms with Gasteiger partial charge in [0.1, 0.15) is 5.82 Å². The Morgan fingerprint density at radius 1 is 1.79 bits per heavy atom. The molecule has 1 aromatic heterocycles. The van der Waals surface area contributed by atoms with E-state index >= 15 is 0 Å². The fraction of sp³-hybridized carbons (Fsp3) is 0.500. The normalized spacial score (nSPS) is 12.4. The van der Waals surface area contributed by atoms with E-state index in [1.165, 1.54) is 0 Å². The van der Waals surface area contributed by atoms with Crippen LogP contribution in [0.2, 0.25) is 0 Å². The lowest BCUT2D eigenvalue weighted by Gasteiger charge is -2.14. The highest BCUT2D eigenvalue weighted by Gasteiger charge is 2.12. The first-order valence-corrected chi connectivity index (χ1v) is 4.66. The van der Waals surface area contributed by atoms with Crippen LogP contribution in [0.4, 0.5) is 0 Å². The summed E-state index contributed by atoms with van der Waals surface area (Å²) >= 11 is 0. The molecular formula is C10H16N4. The Morgan fingerprint density at radius 3 is 3.07 bits per heavy atom. The topological polar surface area (TPSA) is 55.9 Å². The van der Waals surface area contributed by atoms with Crippen molar-refractivity contribution >= 4 is 0 Å². The van der Waals surface area contributed by atoms with Gasteiger partial charge in [0.15, 0.2) is 0 Å². The van der Waals surface area contributed by atoms with Crippen LogP contribution in [0.3, 0.4) is 0 Å². The zero-order chi connectivity index (χ0) is 10.4. The molecule has 4 heteroatoms. The molecule has 1 heterocycles. The maximum atomic E-state index is 5.46. The van der Waals surface area contributed by atoms with Crippen molar-refractivity contribution < 1.29 is 0 Å². The van der Waals surface area contributed by atoms with E-state index < -0.39 is 0 Å². The number of unbranched alkanes of at least 4 members (excludes halogenated alkanes) is 1. The van der Waals surface area contributed by atoms with Crippen molar-refractivity contribution in [2.45, 2.75) is 25.3 Å². The third-order valence-corrected chi connectivity index (χ3v) is 2.19. The predicted molar refractivity (Wildman–Crippen MR) is 56.0 cm³/mol. The minimum absolute atomic E-state index is 0.0864. The number of aromatic nitrogens is 2. The van der Waals surface area contributed by atoms with Gasteiger partial charge >= 0.3 is 0 Å². The summed E-state index contributed by atoms with van der Waals surface area (Å²) < 4.78 is 1.96. The number of imidazole rings is 1. The highest BCUT2D eigenvalue weighted by Crippen LogP contribution is 2.15. The summed E-state index contributed by atoms with van der Waals surface area (Å²) in [6, 6.07) is 0.0864. The summed E-state index contributed by atoms with van der Waals surface area (Å²) in [5.74, 6) is 9.02. The standard InChI is InChI=1S/C10H16N4/c1-3-4-5-6-9(13-11)10-12-7-8-14(10)2/h1,7-9,13H,4-6,11H2,2H3. The number of hydrogen-bond donors (Lipinski definition) is 2. The lowest BCUT2D eigenvalue weighted by molar-refractivity contribution is 0.467. The van der Waals surface area contributed by atoms with Gasteiger partial charge in [0.25, 0.3) is 0 Å². The van der Waals surface area contributed by atoms with Crippen LogP contribution in [0, 0.1) is 12.3 Å². The SMILES string of the molecule is C#CCCCC(NN)c1nccn1C. The van der Waals surface area contributed by atoms with E-state index in [1.807, 2.05) is 17.8 Å². The van der Waals surface area contributed by atoms with E-state index in [-0.39, 0.29) is 6.04 Å². The van der Waals surface area contributed by atoms with E-state index in [1.54, 1.807) is 6.20 Å². The molecule has 0 saturated heterocycles. The largest absolute Gasteiger partial charge is 0.337 e. The Kier molecular flexibility index (Phi) is 4.17. The molecule has 76 valence electrons. The van der Waals surface area contributed by atoms with Crippen LogP contribution >= 0.6 is 0 Å². The van der Waals surface area contributed by atoms with Crippen LogP contribution in [0.25, 0.3) is 0 Å². The molecule has 1 rings (SSSR count). The molecule has 0 aliphatic rings. The van der Waals surface area contributed by atoms with Gasteiger partial charge in [0, 0.05) is 25.9 Å². The average molecular weight is 192 g/mol. The van der Waals surface area contributed by atoms with Crippen molar-refractivity contribution in [1.29, 1.82) is 0 Å². The summed E-state index contributed by atoms with van der Waals surface area (Å²) in [5, 5.41) is 0. The first-order chi connectivity index (χ1) is 6.79. The maximum Gasteiger partial charge on any atom is 0.126 e. The Hall–Kier alpha value is -1.31. The average Bonchev–Trinajstić information content (AvgIpc) is 2.60. The van der Waals surface area contributed by atoms with Crippen molar-refractivity contribution in [2.75, 3.05) is 0 Å². The highest BCUT2D eigenvalue weighted by molar-refractivity contribution is 4.98. The number of nitrogens with two attached hydrogens (primary N) is 1. The molecule has 4 nitrogen and oxygen atoms in total. The van der Waals surface area contributed by atoms with Crippen LogP contribution in [0.15, 0.2) is 12.4 Å². The van der Waals surface area contributed by atoms with E-state index in [4.69, 9.17) is 12.3 Å². The molecule has 1 unspecified atom stereocenters. The smallest absolute Gasteiger partial charge is 0.126 e.